The van der Waals surface area contributed by atoms with Gasteiger partial charge < -0.3 is 5.32 Å². The summed E-state index contributed by atoms with van der Waals surface area (Å²) >= 11 is 1.38. The summed E-state index contributed by atoms with van der Waals surface area (Å²) in [5.41, 5.74) is 0.758. The number of primary sulfonamides is 1. The molecule has 1 heterocycles. The predicted molar refractivity (Wildman–Crippen MR) is 90.3 cm³/mol. The van der Waals surface area contributed by atoms with E-state index in [4.69, 9.17) is 5.14 Å². The van der Waals surface area contributed by atoms with E-state index in [-0.39, 0.29) is 10.9 Å². The van der Waals surface area contributed by atoms with Crippen LogP contribution in [0.2, 0.25) is 0 Å². The summed E-state index contributed by atoms with van der Waals surface area (Å²) in [6.07, 6.45) is 2.26. The molecule has 0 saturated heterocycles. The summed E-state index contributed by atoms with van der Waals surface area (Å²) in [6.45, 7) is 1.79. The van der Waals surface area contributed by atoms with Gasteiger partial charge in [0.1, 0.15) is 5.01 Å². The van der Waals surface area contributed by atoms with Crippen LogP contribution in [0.4, 0.5) is 9.93 Å². The highest BCUT2D eigenvalue weighted by Gasteiger charge is 2.27. The second kappa shape index (κ2) is 6.46. The molecule has 1 fully saturated rings. The molecule has 1 saturated carbocycles. The van der Waals surface area contributed by atoms with Crippen molar-refractivity contribution in [3.63, 3.8) is 0 Å². The second-order valence-corrected chi connectivity index (χ2v) is 8.22. The van der Waals surface area contributed by atoms with Crippen LogP contribution in [0.5, 0.6) is 0 Å². The van der Waals surface area contributed by atoms with Gasteiger partial charge in [-0.1, -0.05) is 23.5 Å². The molecule has 0 bridgehead atoms. The van der Waals surface area contributed by atoms with Gasteiger partial charge >= 0.3 is 6.03 Å². The lowest BCUT2D eigenvalue weighted by atomic mass is 10.1. The molecule has 1 aliphatic carbocycles. The monoisotopic (exact) mass is 367 g/mol. The molecule has 2 amide bonds. The first kappa shape index (κ1) is 16.8. The Labute approximate surface area is 143 Å². The highest BCUT2D eigenvalue weighted by molar-refractivity contribution is 7.89. The molecule has 0 unspecified atom stereocenters. The molecular weight excluding hydrogens is 350 g/mol. The highest BCUT2D eigenvalue weighted by atomic mass is 32.2. The summed E-state index contributed by atoms with van der Waals surface area (Å²) in [4.78, 5) is 12.0. The van der Waals surface area contributed by atoms with Gasteiger partial charge in [-0.15, -0.1) is 10.2 Å². The third-order valence-electron chi connectivity index (χ3n) is 3.64. The number of anilines is 1. The fourth-order valence-electron chi connectivity index (χ4n) is 2.14. The Kier molecular flexibility index (Phi) is 4.52. The van der Waals surface area contributed by atoms with Crippen LogP contribution in [0.3, 0.4) is 0 Å². The first-order valence-corrected chi connectivity index (χ1v) is 9.73. The molecule has 4 N–H and O–H groups in total. The van der Waals surface area contributed by atoms with Crippen molar-refractivity contribution < 1.29 is 13.2 Å². The molecule has 0 spiro atoms. The van der Waals surface area contributed by atoms with Gasteiger partial charge in [-0.3, -0.25) is 5.32 Å². The van der Waals surface area contributed by atoms with Crippen molar-refractivity contribution in [1.29, 1.82) is 0 Å². The van der Waals surface area contributed by atoms with Crippen molar-refractivity contribution in [1.82, 2.24) is 15.5 Å². The fourth-order valence-corrected chi connectivity index (χ4v) is 3.56. The fraction of sp³-hybridized carbons (Fsp3) is 0.357. The minimum atomic E-state index is -3.72. The lowest BCUT2D eigenvalue weighted by Gasteiger charge is -2.14. The summed E-state index contributed by atoms with van der Waals surface area (Å²) in [6, 6.07) is 5.34. The zero-order chi connectivity index (χ0) is 17.3. The summed E-state index contributed by atoms with van der Waals surface area (Å²) in [5.74, 6) is 0.498. The first-order valence-electron chi connectivity index (χ1n) is 7.36. The van der Waals surface area contributed by atoms with E-state index in [1.807, 2.05) is 0 Å². The molecule has 2 aromatic rings. The van der Waals surface area contributed by atoms with E-state index in [2.05, 4.69) is 20.8 Å². The van der Waals surface area contributed by atoms with Crippen LogP contribution in [-0.2, 0) is 10.0 Å². The number of benzene rings is 1. The van der Waals surface area contributed by atoms with Crippen molar-refractivity contribution >= 4 is 32.5 Å². The SMILES string of the molecule is C[C@H](NC(=O)Nc1nnc(C2CC2)s1)c1ccc(S(N)(=O)=O)cc1. The Morgan fingerprint density at radius 3 is 2.54 bits per heavy atom. The Hall–Kier alpha value is -2.04. The standard InChI is InChI=1S/C14H17N5O3S2/c1-8(9-4-6-11(7-5-9)24(15,21)22)16-13(20)17-14-19-18-12(23-14)10-2-3-10/h4-8,10H,2-3H2,1H3,(H2,15,21,22)(H2,16,17,19,20)/t8-/m0/s1. The molecule has 1 atom stereocenters. The number of nitrogens with two attached hydrogens (primary N) is 1. The van der Waals surface area contributed by atoms with Crippen LogP contribution in [-0.4, -0.2) is 24.6 Å². The van der Waals surface area contributed by atoms with Gasteiger partial charge in [0.2, 0.25) is 15.2 Å². The Morgan fingerprint density at radius 2 is 1.96 bits per heavy atom. The zero-order valence-electron chi connectivity index (χ0n) is 12.9. The quantitative estimate of drug-likeness (QED) is 0.744. The van der Waals surface area contributed by atoms with E-state index in [1.54, 1.807) is 19.1 Å². The molecule has 24 heavy (non-hydrogen) atoms. The number of nitrogens with one attached hydrogen (secondary N) is 2. The number of sulfonamides is 1. The number of nitrogens with zero attached hydrogens (tertiary/aromatic N) is 2. The van der Waals surface area contributed by atoms with Gasteiger partial charge in [0.25, 0.3) is 0 Å². The lowest BCUT2D eigenvalue weighted by molar-refractivity contribution is 0.249. The number of hydrogen-bond acceptors (Lipinski definition) is 6. The van der Waals surface area contributed by atoms with Crippen LogP contribution >= 0.6 is 11.3 Å². The second-order valence-electron chi connectivity index (χ2n) is 5.65. The summed E-state index contributed by atoms with van der Waals surface area (Å²) < 4.78 is 22.5. The van der Waals surface area contributed by atoms with Crippen LogP contribution in [0.25, 0.3) is 0 Å². The Bertz CT molecular complexity index is 844. The number of carbonyl (C=O) groups is 1. The van der Waals surface area contributed by atoms with E-state index >= 15 is 0 Å². The third-order valence-corrected chi connectivity index (χ3v) is 5.57. The predicted octanol–water partition coefficient (Wildman–Crippen LogP) is 1.95. The molecule has 3 rings (SSSR count). The number of carbonyl (C=O) groups excluding carboxylic acids is 1. The molecule has 8 nitrogen and oxygen atoms in total. The molecule has 0 aliphatic heterocycles. The van der Waals surface area contributed by atoms with Gasteiger partial charge in [0, 0.05) is 5.92 Å². The number of hydrogen-bond donors (Lipinski definition) is 3. The largest absolute Gasteiger partial charge is 0.331 e. The molecule has 1 aromatic heterocycles. The summed E-state index contributed by atoms with van der Waals surface area (Å²) in [7, 11) is -3.72. The normalized spacial score (nSPS) is 15.8. The van der Waals surface area contributed by atoms with Gasteiger partial charge in [0.05, 0.1) is 10.9 Å². The topological polar surface area (TPSA) is 127 Å². The van der Waals surface area contributed by atoms with Gasteiger partial charge in [-0.25, -0.2) is 18.4 Å². The number of aromatic nitrogens is 2. The van der Waals surface area contributed by atoms with Crippen LogP contribution in [0.1, 0.15) is 42.3 Å². The minimum Gasteiger partial charge on any atom is -0.331 e. The van der Waals surface area contributed by atoms with Gasteiger partial charge in [-0.05, 0) is 37.5 Å². The van der Waals surface area contributed by atoms with Crippen LogP contribution in [0, 0.1) is 0 Å². The maximum Gasteiger partial charge on any atom is 0.321 e. The molecule has 1 aliphatic rings. The highest BCUT2D eigenvalue weighted by Crippen LogP contribution is 2.42. The van der Waals surface area contributed by atoms with E-state index in [1.165, 1.54) is 23.5 Å². The average Bonchev–Trinajstić information content (AvgIpc) is 3.27. The average molecular weight is 367 g/mol. The number of amides is 2. The van der Waals surface area contributed by atoms with Crippen molar-refractivity contribution in [2.24, 2.45) is 5.14 Å². The van der Waals surface area contributed by atoms with Crippen LogP contribution in [0.15, 0.2) is 29.2 Å². The van der Waals surface area contributed by atoms with Gasteiger partial charge in [-0.2, -0.15) is 0 Å². The van der Waals surface area contributed by atoms with E-state index in [9.17, 15) is 13.2 Å². The maximum atomic E-state index is 12.0. The smallest absolute Gasteiger partial charge is 0.321 e. The first-order chi connectivity index (χ1) is 11.3. The summed E-state index contributed by atoms with van der Waals surface area (Å²) in [5, 5.41) is 19.9. The minimum absolute atomic E-state index is 0.0318. The van der Waals surface area contributed by atoms with Crippen molar-refractivity contribution in [3.8, 4) is 0 Å². The molecule has 1 aromatic carbocycles. The van der Waals surface area contributed by atoms with Crippen molar-refractivity contribution in [2.75, 3.05) is 5.32 Å². The lowest BCUT2D eigenvalue weighted by Crippen LogP contribution is -2.31. The van der Waals surface area contributed by atoms with Crippen molar-refractivity contribution in [2.45, 2.75) is 36.6 Å². The Balaban J connectivity index is 1.58. The molecule has 0 radical (unpaired) electrons. The zero-order valence-corrected chi connectivity index (χ0v) is 14.5. The van der Waals surface area contributed by atoms with Gasteiger partial charge in [0.15, 0.2) is 0 Å². The maximum absolute atomic E-state index is 12.0. The van der Waals surface area contributed by atoms with Crippen LogP contribution < -0.4 is 15.8 Å². The van der Waals surface area contributed by atoms with E-state index in [0.717, 1.165) is 23.4 Å². The van der Waals surface area contributed by atoms with E-state index < -0.39 is 16.1 Å². The molecule has 10 heteroatoms. The number of rotatable bonds is 5. The third kappa shape index (κ3) is 4.08. The number of urea groups is 1. The Morgan fingerprint density at radius 1 is 1.29 bits per heavy atom. The van der Waals surface area contributed by atoms with E-state index in [0.29, 0.717) is 11.0 Å². The molecular formula is C14H17N5O3S2. The molecule has 128 valence electrons. The van der Waals surface area contributed by atoms with Crippen molar-refractivity contribution in [3.05, 3.63) is 34.8 Å².